The summed E-state index contributed by atoms with van der Waals surface area (Å²) >= 11 is 0. The van der Waals surface area contributed by atoms with Crippen LogP contribution in [0.25, 0.3) is 11.0 Å². The maximum absolute atomic E-state index is 11.6. The number of allylic oxidation sites excluding steroid dienone is 1. The molecule has 156 valence electrons. The summed E-state index contributed by atoms with van der Waals surface area (Å²) in [6.45, 7) is 0.0454. The van der Waals surface area contributed by atoms with Gasteiger partial charge >= 0.3 is 16.5 Å². The van der Waals surface area contributed by atoms with Crippen molar-refractivity contribution in [1.82, 2.24) is 0 Å². The third-order valence-electron chi connectivity index (χ3n) is 4.77. The second-order valence-electron chi connectivity index (χ2n) is 6.62. The summed E-state index contributed by atoms with van der Waals surface area (Å²) < 4.78 is 34.3. The summed E-state index contributed by atoms with van der Waals surface area (Å²) in [5.74, 6) is -0.358. The Morgan fingerprint density at radius 3 is 2.40 bits per heavy atom. The van der Waals surface area contributed by atoms with E-state index in [1.165, 1.54) is 0 Å². The number of furan rings is 1. The molecule has 1 N–H and O–H groups in total. The van der Waals surface area contributed by atoms with Crippen LogP contribution < -0.4 is 4.74 Å². The topological polar surface area (TPSA) is 96.8 Å². The summed E-state index contributed by atoms with van der Waals surface area (Å²) in [6.07, 6.45) is 3.86. The van der Waals surface area contributed by atoms with Crippen molar-refractivity contribution in [3.63, 3.8) is 0 Å². The molecule has 1 aliphatic rings. The molecule has 2 atom stereocenters. The lowest BCUT2D eigenvalue weighted by Gasteiger charge is -2.14. The minimum absolute atomic E-state index is 0.0454. The molecule has 4 rings (SSSR count). The molecule has 2 aromatic carbocycles. The molecule has 0 radical (unpaired) electrons. The second-order valence-corrected chi connectivity index (χ2v) is 7.52. The van der Waals surface area contributed by atoms with Gasteiger partial charge in [0.05, 0.1) is 13.0 Å². The number of rotatable bonds is 3. The molecular weight excluding hydrogens is 406 g/mol. The maximum atomic E-state index is 11.6. The zero-order chi connectivity index (χ0) is 21.5. The van der Waals surface area contributed by atoms with Crippen LogP contribution in [0.3, 0.4) is 0 Å². The van der Waals surface area contributed by atoms with Crippen molar-refractivity contribution in [1.29, 1.82) is 0 Å². The fraction of sp³-hybridized carbons (Fsp3) is 0.227. The van der Waals surface area contributed by atoms with Gasteiger partial charge in [0.15, 0.2) is 6.54 Å². The number of nitrogens with zero attached hydrogens (tertiary/aromatic N) is 1. The Morgan fingerprint density at radius 2 is 1.80 bits per heavy atom. The van der Waals surface area contributed by atoms with E-state index >= 15 is 0 Å². The molecule has 7 nitrogen and oxygen atoms in total. The van der Waals surface area contributed by atoms with E-state index in [1.807, 2.05) is 48.5 Å². The summed E-state index contributed by atoms with van der Waals surface area (Å²) in [6, 6.07) is 17.6. The van der Waals surface area contributed by atoms with Gasteiger partial charge in [-0.3, -0.25) is 0 Å². The Labute approximate surface area is 175 Å². The van der Waals surface area contributed by atoms with Crippen molar-refractivity contribution >= 4 is 27.4 Å². The van der Waals surface area contributed by atoms with Gasteiger partial charge in [0.25, 0.3) is 6.04 Å². The van der Waals surface area contributed by atoms with Gasteiger partial charge < -0.3 is 14.3 Å². The molecule has 1 aliphatic heterocycles. The minimum Gasteiger partial charge on any atom is -0.497 e. The van der Waals surface area contributed by atoms with E-state index < -0.39 is 28.4 Å². The van der Waals surface area contributed by atoms with E-state index in [4.69, 9.17) is 9.15 Å². The average Bonchev–Trinajstić information content (AvgIpc) is 3.05. The fourth-order valence-corrected chi connectivity index (χ4v) is 3.96. The van der Waals surface area contributed by atoms with Gasteiger partial charge in [0.1, 0.15) is 17.1 Å². The highest BCUT2D eigenvalue weighted by Crippen LogP contribution is 2.32. The molecule has 30 heavy (non-hydrogen) atoms. The molecule has 0 amide bonds. The summed E-state index contributed by atoms with van der Waals surface area (Å²) in [5, 5.41) is 10.4. The first kappa shape index (κ1) is 21.3. The third kappa shape index (κ3) is 4.96. The number of hydrogen-bond acceptors (Lipinski definition) is 5. The highest BCUT2D eigenvalue weighted by Gasteiger charge is 2.42. The number of benzene rings is 2. The van der Waals surface area contributed by atoms with Crippen LogP contribution >= 0.6 is 0 Å². The van der Waals surface area contributed by atoms with Gasteiger partial charge in [-0.1, -0.05) is 46.4 Å². The molecule has 3 aromatic rings. The number of carboxylic acid groups (broad SMARTS) is 1. The number of methoxy groups -OCH3 is 1. The molecule has 0 fully saturated rings. The average molecular weight is 428 g/mol. The van der Waals surface area contributed by atoms with Crippen molar-refractivity contribution in [3.05, 3.63) is 78.6 Å². The molecular formula is C22H22NO6S+. The van der Waals surface area contributed by atoms with E-state index in [-0.39, 0.29) is 6.54 Å². The van der Waals surface area contributed by atoms with Crippen molar-refractivity contribution in [3.8, 4) is 5.75 Å². The largest absolute Gasteiger partial charge is 0.497 e. The Bertz CT molecular complexity index is 1140. The molecule has 1 aromatic heterocycles. The molecule has 0 saturated carbocycles. The quantitative estimate of drug-likeness (QED) is 0.505. The number of carboxylic acids is 1. The highest BCUT2D eigenvalue weighted by molar-refractivity contribution is 7.58. The smallest absolute Gasteiger partial charge is 0.459 e. The molecule has 8 heteroatoms. The lowest BCUT2D eigenvalue weighted by molar-refractivity contribution is -0.525. The lowest BCUT2D eigenvalue weighted by Crippen LogP contribution is -2.38. The highest BCUT2D eigenvalue weighted by atomic mass is 32.2. The Hall–Kier alpha value is -3.39. The van der Waals surface area contributed by atoms with E-state index in [2.05, 4.69) is 0 Å². The van der Waals surface area contributed by atoms with Gasteiger partial charge in [0, 0.05) is 5.39 Å². The van der Waals surface area contributed by atoms with Crippen molar-refractivity contribution in [2.24, 2.45) is 0 Å². The summed E-state index contributed by atoms with van der Waals surface area (Å²) in [5.41, 5.74) is 0.657. The monoisotopic (exact) mass is 428 g/mol. The molecule has 0 aliphatic carbocycles. The molecule has 2 unspecified atom stereocenters. The van der Waals surface area contributed by atoms with Crippen molar-refractivity contribution in [2.45, 2.75) is 18.4 Å². The van der Waals surface area contributed by atoms with E-state index in [0.717, 1.165) is 15.1 Å². The Balaban J connectivity index is 0.000000269. The number of fused-ring (bicyclic) bond motifs is 1. The third-order valence-corrected chi connectivity index (χ3v) is 5.53. The van der Waals surface area contributed by atoms with Crippen LogP contribution in [0.1, 0.15) is 18.1 Å². The number of carbonyl (C=O) groups is 1. The standard InChI is InChI=1S/C15H13NO5S.C7H8O/c17-15(18)14-11(6-3-4-8-16(14)22(19)20)13-9-10-5-1-2-7-12(10)21-13;1-8-7-5-3-2-4-6-7/h1-5,7,9,11,14H,6,8H2;2-6H,1H3/p+1. The molecule has 0 saturated heterocycles. The van der Waals surface area contributed by atoms with Crippen LogP contribution in [0.5, 0.6) is 5.75 Å². The first-order chi connectivity index (χ1) is 14.5. The predicted octanol–water partition coefficient (Wildman–Crippen LogP) is 3.70. The van der Waals surface area contributed by atoms with Gasteiger partial charge in [-0.25, -0.2) is 4.79 Å². The second kappa shape index (κ2) is 9.89. The van der Waals surface area contributed by atoms with Crippen LogP contribution in [0.2, 0.25) is 0 Å². The zero-order valence-electron chi connectivity index (χ0n) is 16.3. The summed E-state index contributed by atoms with van der Waals surface area (Å²) in [7, 11) is -0.954. The zero-order valence-corrected chi connectivity index (χ0v) is 17.2. The lowest BCUT2D eigenvalue weighted by atomic mass is 9.94. The fourth-order valence-electron chi connectivity index (χ4n) is 3.33. The van der Waals surface area contributed by atoms with Crippen LogP contribution in [-0.2, 0) is 15.3 Å². The van der Waals surface area contributed by atoms with Gasteiger partial charge in [0.2, 0.25) is 0 Å². The van der Waals surface area contributed by atoms with E-state index in [0.29, 0.717) is 17.8 Å². The summed E-state index contributed by atoms with van der Waals surface area (Å²) in [4.78, 5) is 11.6. The first-order valence-corrected chi connectivity index (χ1v) is 10.4. The van der Waals surface area contributed by atoms with E-state index in [9.17, 15) is 18.3 Å². The van der Waals surface area contributed by atoms with Gasteiger partial charge in [-0.05, 0) is 36.8 Å². The number of aliphatic carboxylic acids is 1. The van der Waals surface area contributed by atoms with Gasteiger partial charge in [-0.2, -0.15) is 0 Å². The van der Waals surface area contributed by atoms with Crippen LogP contribution in [0, 0.1) is 0 Å². The maximum Gasteiger partial charge on any atom is 0.459 e. The SMILES string of the molecule is COc1ccccc1.O=C(O)C1C(c2cc3ccccc3o2)CC=CC[N+]1=S(=O)=O. The number of para-hydroxylation sites is 2. The predicted molar refractivity (Wildman–Crippen MR) is 111 cm³/mol. The Morgan fingerprint density at radius 1 is 1.10 bits per heavy atom. The van der Waals surface area contributed by atoms with Crippen LogP contribution in [0.4, 0.5) is 0 Å². The first-order valence-electron chi connectivity index (χ1n) is 9.32. The molecule has 0 spiro atoms. The van der Waals surface area contributed by atoms with Crippen LogP contribution in [-0.4, -0.2) is 43.1 Å². The number of ether oxygens (including phenoxy) is 1. The van der Waals surface area contributed by atoms with Gasteiger partial charge in [-0.15, -0.1) is 8.42 Å². The molecule has 2 heterocycles. The van der Waals surface area contributed by atoms with E-state index in [1.54, 1.807) is 31.4 Å². The van der Waals surface area contributed by atoms with Crippen molar-refractivity contribution in [2.75, 3.05) is 13.7 Å². The number of hydrogen-bond donors (Lipinski definition) is 1. The van der Waals surface area contributed by atoms with Crippen LogP contribution in [0.15, 0.2) is 77.2 Å². The molecule has 0 bridgehead atoms. The Kier molecular flexibility index (Phi) is 7.03. The normalized spacial score (nSPS) is 18.2. The minimum atomic E-state index is -2.62. The van der Waals surface area contributed by atoms with Crippen molar-refractivity contribution < 1.29 is 31.4 Å².